The molecule has 46 heavy (non-hydrogen) atoms. The second-order valence-electron chi connectivity index (χ2n) is 11.8. The number of nitrogens with one attached hydrogen (secondary N) is 1. The number of anilines is 1. The van der Waals surface area contributed by atoms with Gasteiger partial charge in [-0.05, 0) is 91.2 Å². The topological polar surface area (TPSA) is 67.9 Å². The standard InChI is InChI=1S/C40H38N2O4/c1-28-3-9-34(10-4-28)40(44)42-25-23-38(24-26-42)46-37-19-7-30(8-20-37)27-45-36-21-15-32(16-22-36)31-11-13-33(14-12-31)39(43)41-35-17-5-29(2)6-18-35/h3-22,38H,23-27H2,1-2H3,(H,41,43). The lowest BCUT2D eigenvalue weighted by molar-refractivity contribution is 0.0595. The molecule has 0 atom stereocenters. The first-order valence-corrected chi connectivity index (χ1v) is 15.7. The number of nitrogens with zero attached hydrogens (tertiary/aromatic N) is 1. The predicted octanol–water partition coefficient (Wildman–Crippen LogP) is 8.49. The number of piperidine rings is 1. The summed E-state index contributed by atoms with van der Waals surface area (Å²) in [6, 6.07) is 39.1. The number of amides is 2. The highest BCUT2D eigenvalue weighted by Crippen LogP contribution is 2.25. The molecule has 1 aliphatic rings. The molecule has 0 bridgehead atoms. The molecule has 0 radical (unpaired) electrons. The highest BCUT2D eigenvalue weighted by Gasteiger charge is 2.24. The van der Waals surface area contributed by atoms with Gasteiger partial charge in [0.15, 0.2) is 0 Å². The van der Waals surface area contributed by atoms with Gasteiger partial charge >= 0.3 is 0 Å². The molecule has 1 N–H and O–H groups in total. The van der Waals surface area contributed by atoms with Crippen LogP contribution >= 0.6 is 0 Å². The van der Waals surface area contributed by atoms with Gasteiger partial charge in [0.1, 0.15) is 24.2 Å². The second kappa shape index (κ2) is 14.2. The number of benzene rings is 5. The third kappa shape index (κ3) is 7.83. The molecule has 0 saturated carbocycles. The normalized spacial score (nSPS) is 13.2. The Bertz CT molecular complexity index is 1750. The van der Waals surface area contributed by atoms with Gasteiger partial charge in [0, 0.05) is 42.7 Å². The Hall–Kier alpha value is -5.36. The average molecular weight is 611 g/mol. The minimum absolute atomic E-state index is 0.0896. The van der Waals surface area contributed by atoms with Crippen molar-refractivity contribution in [3.63, 3.8) is 0 Å². The molecule has 0 aromatic heterocycles. The van der Waals surface area contributed by atoms with Crippen LogP contribution in [0.5, 0.6) is 11.5 Å². The molecular formula is C40H38N2O4. The molecule has 2 amide bonds. The molecule has 0 aliphatic carbocycles. The lowest BCUT2D eigenvalue weighted by Gasteiger charge is -2.32. The summed E-state index contributed by atoms with van der Waals surface area (Å²) < 4.78 is 12.3. The monoisotopic (exact) mass is 610 g/mol. The summed E-state index contributed by atoms with van der Waals surface area (Å²) in [5, 5.41) is 2.94. The van der Waals surface area contributed by atoms with Crippen molar-refractivity contribution in [2.24, 2.45) is 0 Å². The van der Waals surface area contributed by atoms with Crippen molar-refractivity contribution in [1.29, 1.82) is 0 Å². The fourth-order valence-electron chi connectivity index (χ4n) is 5.48. The fourth-order valence-corrected chi connectivity index (χ4v) is 5.48. The van der Waals surface area contributed by atoms with E-state index in [9.17, 15) is 9.59 Å². The number of hydrogen-bond donors (Lipinski definition) is 1. The molecule has 232 valence electrons. The summed E-state index contributed by atoms with van der Waals surface area (Å²) in [5.74, 6) is 1.57. The highest BCUT2D eigenvalue weighted by molar-refractivity contribution is 6.04. The zero-order chi connectivity index (χ0) is 31.9. The molecule has 1 aliphatic heterocycles. The van der Waals surface area contributed by atoms with Gasteiger partial charge in [-0.1, -0.05) is 71.8 Å². The van der Waals surface area contributed by atoms with Gasteiger partial charge in [-0.15, -0.1) is 0 Å². The highest BCUT2D eigenvalue weighted by atomic mass is 16.5. The first kappa shape index (κ1) is 30.7. The van der Waals surface area contributed by atoms with Gasteiger partial charge in [-0.25, -0.2) is 0 Å². The Morgan fingerprint density at radius 2 is 1.17 bits per heavy atom. The number of likely N-dealkylation sites (tertiary alicyclic amines) is 1. The van der Waals surface area contributed by atoms with Crippen molar-refractivity contribution in [3.05, 3.63) is 149 Å². The lowest BCUT2D eigenvalue weighted by Crippen LogP contribution is -2.41. The minimum atomic E-state index is -0.133. The van der Waals surface area contributed by atoms with E-state index in [2.05, 4.69) is 5.32 Å². The number of carbonyl (C=O) groups excluding carboxylic acids is 2. The third-order valence-electron chi connectivity index (χ3n) is 8.30. The SMILES string of the molecule is Cc1ccc(NC(=O)c2ccc(-c3ccc(OCc4ccc(OC5CCN(C(=O)c6ccc(C)cc6)CC5)cc4)cc3)cc2)cc1. The molecular weight excluding hydrogens is 572 g/mol. The second-order valence-corrected chi connectivity index (χ2v) is 11.8. The van der Waals surface area contributed by atoms with Gasteiger partial charge in [-0.2, -0.15) is 0 Å². The Kier molecular flexibility index (Phi) is 9.44. The maximum atomic E-state index is 12.8. The molecule has 1 saturated heterocycles. The summed E-state index contributed by atoms with van der Waals surface area (Å²) in [4.78, 5) is 27.3. The molecule has 5 aromatic rings. The minimum Gasteiger partial charge on any atom is -0.490 e. The van der Waals surface area contributed by atoms with Crippen molar-refractivity contribution in [1.82, 2.24) is 4.90 Å². The van der Waals surface area contributed by atoms with Gasteiger partial charge in [0.05, 0.1) is 0 Å². The Labute approximate surface area is 270 Å². The van der Waals surface area contributed by atoms with Crippen LogP contribution in [0.1, 0.15) is 50.2 Å². The van der Waals surface area contributed by atoms with Crippen LogP contribution in [0.2, 0.25) is 0 Å². The molecule has 5 aromatic carbocycles. The van der Waals surface area contributed by atoms with Crippen LogP contribution in [0.3, 0.4) is 0 Å². The predicted molar refractivity (Wildman–Crippen MR) is 183 cm³/mol. The molecule has 1 fully saturated rings. The Balaban J connectivity index is 0.948. The quantitative estimate of drug-likeness (QED) is 0.182. The van der Waals surface area contributed by atoms with Crippen molar-refractivity contribution >= 4 is 17.5 Å². The molecule has 6 nitrogen and oxygen atoms in total. The number of carbonyl (C=O) groups is 2. The van der Waals surface area contributed by atoms with Gasteiger partial charge in [0.25, 0.3) is 11.8 Å². The zero-order valence-electron chi connectivity index (χ0n) is 26.2. The van der Waals surface area contributed by atoms with E-state index in [0.29, 0.717) is 25.3 Å². The third-order valence-corrected chi connectivity index (χ3v) is 8.30. The molecule has 0 unspecified atom stereocenters. The van der Waals surface area contributed by atoms with Gasteiger partial charge in [-0.3, -0.25) is 9.59 Å². The molecule has 6 rings (SSSR count). The maximum Gasteiger partial charge on any atom is 0.255 e. The Morgan fingerprint density at radius 3 is 1.78 bits per heavy atom. The van der Waals surface area contributed by atoms with E-state index in [0.717, 1.165) is 63.4 Å². The summed E-state index contributed by atoms with van der Waals surface area (Å²) in [5.41, 5.74) is 7.55. The number of ether oxygens (including phenoxy) is 2. The first-order chi connectivity index (χ1) is 22.4. The van der Waals surface area contributed by atoms with E-state index in [-0.39, 0.29) is 17.9 Å². The van der Waals surface area contributed by atoms with E-state index >= 15 is 0 Å². The maximum absolute atomic E-state index is 12.8. The number of rotatable bonds is 9. The Morgan fingerprint density at radius 1 is 0.652 bits per heavy atom. The summed E-state index contributed by atoms with van der Waals surface area (Å²) in [6.07, 6.45) is 1.72. The lowest BCUT2D eigenvalue weighted by atomic mass is 10.0. The van der Waals surface area contributed by atoms with Crippen LogP contribution in [0.15, 0.2) is 121 Å². The number of aryl methyl sites for hydroxylation is 2. The van der Waals surface area contributed by atoms with Gasteiger partial charge < -0.3 is 19.7 Å². The molecule has 6 heteroatoms. The molecule has 1 heterocycles. The van der Waals surface area contributed by atoms with E-state index in [1.807, 2.05) is 140 Å². The first-order valence-electron chi connectivity index (χ1n) is 15.7. The van der Waals surface area contributed by atoms with Crippen LogP contribution in [0.4, 0.5) is 5.69 Å². The molecule has 0 spiro atoms. The van der Waals surface area contributed by atoms with Crippen LogP contribution in [-0.2, 0) is 6.61 Å². The average Bonchev–Trinajstić information content (AvgIpc) is 3.10. The van der Waals surface area contributed by atoms with Crippen LogP contribution in [0.25, 0.3) is 11.1 Å². The zero-order valence-corrected chi connectivity index (χ0v) is 26.2. The van der Waals surface area contributed by atoms with Gasteiger partial charge in [0.2, 0.25) is 0 Å². The van der Waals surface area contributed by atoms with E-state index in [4.69, 9.17) is 9.47 Å². The van der Waals surface area contributed by atoms with Crippen LogP contribution in [-0.4, -0.2) is 35.9 Å². The van der Waals surface area contributed by atoms with Crippen LogP contribution < -0.4 is 14.8 Å². The van der Waals surface area contributed by atoms with Crippen molar-refractivity contribution in [2.45, 2.75) is 39.4 Å². The van der Waals surface area contributed by atoms with E-state index in [1.54, 1.807) is 0 Å². The summed E-state index contributed by atoms with van der Waals surface area (Å²) in [6.45, 7) is 5.88. The smallest absolute Gasteiger partial charge is 0.255 e. The van der Waals surface area contributed by atoms with Crippen LogP contribution in [0, 0.1) is 13.8 Å². The largest absolute Gasteiger partial charge is 0.490 e. The van der Waals surface area contributed by atoms with E-state index in [1.165, 1.54) is 0 Å². The van der Waals surface area contributed by atoms with Crippen molar-refractivity contribution in [3.8, 4) is 22.6 Å². The summed E-state index contributed by atoms with van der Waals surface area (Å²) in [7, 11) is 0. The fraction of sp³-hybridized carbons (Fsp3) is 0.200. The van der Waals surface area contributed by atoms with Crippen molar-refractivity contribution < 1.29 is 19.1 Å². The number of hydrogen-bond acceptors (Lipinski definition) is 4. The van der Waals surface area contributed by atoms with Crippen molar-refractivity contribution in [2.75, 3.05) is 18.4 Å². The van der Waals surface area contributed by atoms with E-state index < -0.39 is 0 Å². The summed E-state index contributed by atoms with van der Waals surface area (Å²) >= 11 is 0.